The minimum Gasteiger partial charge on any atom is -0.377 e. The van der Waals surface area contributed by atoms with Gasteiger partial charge in [-0.3, -0.25) is 0 Å². The Kier molecular flexibility index (Phi) is 3.62. The zero-order valence-electron chi connectivity index (χ0n) is 12.4. The standard InChI is InChI=1S/C16H17N3O2S/c1-19(2)15-10-6-3-7-12(15)11-22(20,21)16-17-13-8-4-5-9-14(13)18-16/h3-10H,11H2,1-2H3,(H,17,18). The molecule has 0 aliphatic carbocycles. The Balaban J connectivity index is 2.00. The number of imidazole rings is 1. The van der Waals surface area contributed by atoms with Crippen LogP contribution in [0.25, 0.3) is 11.0 Å². The van der Waals surface area contributed by atoms with Gasteiger partial charge in [-0.2, -0.15) is 0 Å². The van der Waals surface area contributed by atoms with Crippen molar-refractivity contribution >= 4 is 26.6 Å². The average Bonchev–Trinajstić information content (AvgIpc) is 2.92. The number of anilines is 1. The van der Waals surface area contributed by atoms with Gasteiger partial charge in [0.1, 0.15) is 0 Å². The molecule has 1 aromatic heterocycles. The fourth-order valence-electron chi connectivity index (χ4n) is 2.42. The van der Waals surface area contributed by atoms with Crippen LogP contribution >= 0.6 is 0 Å². The van der Waals surface area contributed by atoms with Crippen molar-refractivity contribution in [2.75, 3.05) is 19.0 Å². The molecule has 2 aromatic carbocycles. The second kappa shape index (κ2) is 5.46. The molecule has 0 fully saturated rings. The number of benzene rings is 2. The van der Waals surface area contributed by atoms with E-state index in [1.807, 2.05) is 61.5 Å². The predicted octanol–water partition coefficient (Wildman–Crippen LogP) is 2.60. The number of nitrogens with zero attached hydrogens (tertiary/aromatic N) is 2. The van der Waals surface area contributed by atoms with E-state index in [-0.39, 0.29) is 10.9 Å². The van der Waals surface area contributed by atoms with Crippen molar-refractivity contribution in [3.05, 3.63) is 54.1 Å². The van der Waals surface area contributed by atoms with Crippen LogP contribution in [-0.2, 0) is 15.6 Å². The molecule has 0 radical (unpaired) electrons. The summed E-state index contributed by atoms with van der Waals surface area (Å²) in [4.78, 5) is 9.00. The SMILES string of the molecule is CN(C)c1ccccc1CS(=O)(=O)c1nc2ccccc2[nH]1. The second-order valence-corrected chi connectivity index (χ2v) is 7.25. The van der Waals surface area contributed by atoms with Crippen molar-refractivity contribution in [3.63, 3.8) is 0 Å². The molecule has 6 heteroatoms. The van der Waals surface area contributed by atoms with E-state index in [2.05, 4.69) is 9.97 Å². The lowest BCUT2D eigenvalue weighted by Crippen LogP contribution is -2.14. The quantitative estimate of drug-likeness (QED) is 0.803. The highest BCUT2D eigenvalue weighted by molar-refractivity contribution is 7.90. The summed E-state index contributed by atoms with van der Waals surface area (Å²) in [6.45, 7) is 0. The van der Waals surface area contributed by atoms with Gasteiger partial charge in [0.05, 0.1) is 16.8 Å². The van der Waals surface area contributed by atoms with E-state index >= 15 is 0 Å². The molecule has 114 valence electrons. The van der Waals surface area contributed by atoms with Gasteiger partial charge in [-0.05, 0) is 23.8 Å². The molecule has 0 atom stereocenters. The number of hydrogen-bond acceptors (Lipinski definition) is 4. The van der Waals surface area contributed by atoms with Gasteiger partial charge in [-0.25, -0.2) is 13.4 Å². The predicted molar refractivity (Wildman–Crippen MR) is 87.8 cm³/mol. The van der Waals surface area contributed by atoms with Gasteiger partial charge in [-0.15, -0.1) is 0 Å². The number of H-pyrrole nitrogens is 1. The first-order valence-corrected chi connectivity index (χ1v) is 8.55. The Hall–Kier alpha value is -2.34. The van der Waals surface area contributed by atoms with Crippen LogP contribution in [0.15, 0.2) is 53.7 Å². The number of aromatic amines is 1. The Morgan fingerprint density at radius 3 is 2.45 bits per heavy atom. The van der Waals surface area contributed by atoms with E-state index in [4.69, 9.17) is 0 Å². The number of hydrogen-bond donors (Lipinski definition) is 1. The number of sulfone groups is 1. The highest BCUT2D eigenvalue weighted by atomic mass is 32.2. The number of rotatable bonds is 4. The van der Waals surface area contributed by atoms with Crippen molar-refractivity contribution < 1.29 is 8.42 Å². The lowest BCUT2D eigenvalue weighted by Gasteiger charge is -2.16. The van der Waals surface area contributed by atoms with Gasteiger partial charge < -0.3 is 9.88 Å². The first-order chi connectivity index (χ1) is 10.5. The molecule has 0 aliphatic heterocycles. The normalized spacial score (nSPS) is 11.7. The zero-order valence-corrected chi connectivity index (χ0v) is 13.3. The summed E-state index contributed by atoms with van der Waals surface area (Å²) in [5, 5.41) is 0.0160. The monoisotopic (exact) mass is 315 g/mol. The molecule has 0 unspecified atom stereocenters. The van der Waals surface area contributed by atoms with E-state index in [1.165, 1.54) is 0 Å². The molecule has 0 saturated carbocycles. The summed E-state index contributed by atoms with van der Waals surface area (Å²) in [6, 6.07) is 14.8. The molecule has 0 amide bonds. The third-order valence-corrected chi connectivity index (χ3v) is 4.95. The van der Waals surface area contributed by atoms with Crippen molar-refractivity contribution in [2.24, 2.45) is 0 Å². The van der Waals surface area contributed by atoms with Gasteiger partial charge in [0, 0.05) is 19.8 Å². The first-order valence-electron chi connectivity index (χ1n) is 6.90. The lowest BCUT2D eigenvalue weighted by molar-refractivity contribution is 0.588. The number of nitrogens with one attached hydrogen (secondary N) is 1. The Labute approximate surface area is 129 Å². The van der Waals surface area contributed by atoms with Crippen LogP contribution in [0.5, 0.6) is 0 Å². The molecule has 1 heterocycles. The zero-order chi connectivity index (χ0) is 15.7. The molecular weight excluding hydrogens is 298 g/mol. The molecule has 1 N–H and O–H groups in total. The summed E-state index contributed by atoms with van der Waals surface area (Å²) in [7, 11) is 0.266. The van der Waals surface area contributed by atoms with Crippen LogP contribution in [0.1, 0.15) is 5.56 Å². The Morgan fingerprint density at radius 1 is 1.05 bits per heavy atom. The topological polar surface area (TPSA) is 66.1 Å². The Morgan fingerprint density at radius 2 is 1.73 bits per heavy atom. The average molecular weight is 315 g/mol. The third kappa shape index (κ3) is 2.69. The summed E-state index contributed by atoms with van der Waals surface area (Å²) in [6.07, 6.45) is 0. The van der Waals surface area contributed by atoms with E-state index in [1.54, 1.807) is 6.07 Å². The molecule has 5 nitrogen and oxygen atoms in total. The van der Waals surface area contributed by atoms with Gasteiger partial charge in [0.15, 0.2) is 0 Å². The van der Waals surface area contributed by atoms with Crippen molar-refractivity contribution in [3.8, 4) is 0 Å². The minimum atomic E-state index is -3.52. The van der Waals surface area contributed by atoms with E-state index < -0.39 is 9.84 Å². The molecule has 3 rings (SSSR count). The van der Waals surface area contributed by atoms with E-state index in [0.717, 1.165) is 16.8 Å². The van der Waals surface area contributed by atoms with E-state index in [0.29, 0.717) is 5.52 Å². The van der Waals surface area contributed by atoms with Gasteiger partial charge in [-0.1, -0.05) is 30.3 Å². The molecule has 0 bridgehead atoms. The highest BCUT2D eigenvalue weighted by Gasteiger charge is 2.21. The summed E-state index contributed by atoms with van der Waals surface area (Å²) < 4.78 is 25.3. The molecular formula is C16H17N3O2S. The Bertz CT molecular complexity index is 881. The van der Waals surface area contributed by atoms with Crippen LogP contribution < -0.4 is 4.90 Å². The fourth-order valence-corrected chi connectivity index (χ4v) is 3.71. The maximum Gasteiger partial charge on any atom is 0.226 e. The van der Waals surface area contributed by atoms with Crippen LogP contribution in [0.4, 0.5) is 5.69 Å². The summed E-state index contributed by atoms with van der Waals surface area (Å²) in [5.74, 6) is -0.0822. The first kappa shape index (κ1) is 14.6. The maximum absolute atomic E-state index is 12.6. The highest BCUT2D eigenvalue weighted by Crippen LogP contribution is 2.24. The number of fused-ring (bicyclic) bond motifs is 1. The third-order valence-electron chi connectivity index (χ3n) is 3.48. The minimum absolute atomic E-state index is 0.0160. The molecule has 0 spiro atoms. The second-order valence-electron chi connectivity index (χ2n) is 5.34. The van der Waals surface area contributed by atoms with Gasteiger partial charge in [0.2, 0.25) is 15.0 Å². The van der Waals surface area contributed by atoms with Crippen LogP contribution in [0.2, 0.25) is 0 Å². The molecule has 22 heavy (non-hydrogen) atoms. The fraction of sp³-hybridized carbons (Fsp3) is 0.188. The summed E-state index contributed by atoms with van der Waals surface area (Å²) >= 11 is 0. The lowest BCUT2D eigenvalue weighted by atomic mass is 10.2. The summed E-state index contributed by atoms with van der Waals surface area (Å²) in [5.41, 5.74) is 3.03. The van der Waals surface area contributed by atoms with Crippen molar-refractivity contribution in [2.45, 2.75) is 10.9 Å². The number of aromatic nitrogens is 2. The van der Waals surface area contributed by atoms with Crippen molar-refractivity contribution in [1.29, 1.82) is 0 Å². The molecule has 3 aromatic rings. The molecule has 0 aliphatic rings. The number of para-hydroxylation sites is 3. The van der Waals surface area contributed by atoms with Crippen molar-refractivity contribution in [1.82, 2.24) is 9.97 Å². The van der Waals surface area contributed by atoms with Crippen LogP contribution in [0, 0.1) is 0 Å². The molecule has 0 saturated heterocycles. The van der Waals surface area contributed by atoms with Gasteiger partial charge in [0.25, 0.3) is 0 Å². The largest absolute Gasteiger partial charge is 0.377 e. The van der Waals surface area contributed by atoms with E-state index in [9.17, 15) is 8.42 Å². The smallest absolute Gasteiger partial charge is 0.226 e. The van der Waals surface area contributed by atoms with Crippen LogP contribution in [0.3, 0.4) is 0 Å². The maximum atomic E-state index is 12.6. The van der Waals surface area contributed by atoms with Crippen LogP contribution in [-0.4, -0.2) is 32.5 Å². The van der Waals surface area contributed by atoms with Gasteiger partial charge >= 0.3 is 0 Å².